The molecule has 0 saturated carbocycles. The fourth-order valence-electron chi connectivity index (χ4n) is 1.42. The standard InChI is InChI=1S/C10H11F2NO4S/c11-6-1-2-8(7(12)5-6)18(16,17)9(3-4-13)10(14)15/h1-2,5,9H,3-4,13H2,(H,14,15). The Bertz CT molecular complexity index is 559. The molecule has 0 aliphatic heterocycles. The first-order valence-electron chi connectivity index (χ1n) is 4.92. The van der Waals surface area contributed by atoms with Gasteiger partial charge in [0.1, 0.15) is 16.5 Å². The summed E-state index contributed by atoms with van der Waals surface area (Å²) in [5.41, 5.74) is 5.12. The number of halogens is 2. The highest BCUT2D eigenvalue weighted by atomic mass is 32.2. The van der Waals surface area contributed by atoms with Crippen LogP contribution in [0, 0.1) is 11.6 Å². The van der Waals surface area contributed by atoms with Crippen LogP contribution in [0.5, 0.6) is 0 Å². The average molecular weight is 279 g/mol. The quantitative estimate of drug-likeness (QED) is 0.767. The number of rotatable bonds is 5. The van der Waals surface area contributed by atoms with Gasteiger partial charge >= 0.3 is 5.97 Å². The monoisotopic (exact) mass is 279 g/mol. The smallest absolute Gasteiger partial charge is 0.322 e. The third kappa shape index (κ3) is 2.82. The van der Waals surface area contributed by atoms with E-state index < -0.39 is 37.6 Å². The zero-order chi connectivity index (χ0) is 13.9. The fourth-order valence-corrected chi connectivity index (χ4v) is 3.03. The largest absolute Gasteiger partial charge is 0.480 e. The molecule has 8 heteroatoms. The summed E-state index contributed by atoms with van der Waals surface area (Å²) in [6, 6.07) is 1.83. The van der Waals surface area contributed by atoms with Crippen LogP contribution in [0.1, 0.15) is 6.42 Å². The van der Waals surface area contributed by atoms with Crippen molar-refractivity contribution in [1.29, 1.82) is 0 Å². The van der Waals surface area contributed by atoms with Gasteiger partial charge in [-0.05, 0) is 25.1 Å². The highest BCUT2D eigenvalue weighted by Gasteiger charge is 2.35. The van der Waals surface area contributed by atoms with E-state index in [1.807, 2.05) is 0 Å². The number of benzene rings is 1. The Hall–Kier alpha value is -1.54. The summed E-state index contributed by atoms with van der Waals surface area (Å²) < 4.78 is 49.8. The maximum absolute atomic E-state index is 13.4. The minimum Gasteiger partial charge on any atom is -0.480 e. The number of carbonyl (C=O) groups is 1. The molecular formula is C10H11F2NO4S. The van der Waals surface area contributed by atoms with Crippen LogP contribution >= 0.6 is 0 Å². The highest BCUT2D eigenvalue weighted by Crippen LogP contribution is 2.22. The van der Waals surface area contributed by atoms with Crippen LogP contribution in [0.2, 0.25) is 0 Å². The topological polar surface area (TPSA) is 97.5 Å². The van der Waals surface area contributed by atoms with Gasteiger partial charge in [-0.25, -0.2) is 17.2 Å². The molecule has 3 N–H and O–H groups in total. The summed E-state index contributed by atoms with van der Waals surface area (Å²) in [6.45, 7) is -0.182. The Balaban J connectivity index is 3.31. The first kappa shape index (κ1) is 14.5. The third-order valence-corrected chi connectivity index (χ3v) is 4.41. The number of sulfone groups is 1. The summed E-state index contributed by atoms with van der Waals surface area (Å²) in [7, 11) is -4.43. The molecule has 1 atom stereocenters. The Labute approximate surface area is 102 Å². The molecule has 0 radical (unpaired) electrons. The average Bonchev–Trinajstić information content (AvgIpc) is 2.24. The number of aliphatic carboxylic acids is 1. The van der Waals surface area contributed by atoms with E-state index >= 15 is 0 Å². The van der Waals surface area contributed by atoms with Gasteiger partial charge in [-0.15, -0.1) is 0 Å². The van der Waals surface area contributed by atoms with Gasteiger partial charge in [-0.2, -0.15) is 0 Å². The van der Waals surface area contributed by atoms with Crippen molar-refractivity contribution in [3.63, 3.8) is 0 Å². The number of carboxylic acid groups (broad SMARTS) is 1. The zero-order valence-electron chi connectivity index (χ0n) is 9.14. The minimum absolute atomic E-state index is 0.182. The first-order chi connectivity index (χ1) is 8.30. The molecule has 0 spiro atoms. The van der Waals surface area contributed by atoms with Crippen molar-refractivity contribution >= 4 is 15.8 Å². The van der Waals surface area contributed by atoms with Crippen molar-refractivity contribution in [2.75, 3.05) is 6.54 Å². The third-order valence-electron chi connectivity index (χ3n) is 2.28. The molecule has 0 heterocycles. The van der Waals surface area contributed by atoms with Crippen LogP contribution in [0.25, 0.3) is 0 Å². The van der Waals surface area contributed by atoms with Gasteiger partial charge in [-0.1, -0.05) is 0 Å². The lowest BCUT2D eigenvalue weighted by atomic mass is 10.3. The summed E-state index contributed by atoms with van der Waals surface area (Å²) in [6.07, 6.45) is -0.353. The molecule has 0 aromatic heterocycles. The van der Waals surface area contributed by atoms with Gasteiger partial charge in [0.15, 0.2) is 15.1 Å². The fraction of sp³-hybridized carbons (Fsp3) is 0.300. The van der Waals surface area contributed by atoms with E-state index in [9.17, 15) is 22.0 Å². The number of hydrogen-bond donors (Lipinski definition) is 2. The predicted octanol–water partition coefficient (Wildman–Crippen LogP) is 0.541. The molecule has 1 aromatic rings. The molecule has 18 heavy (non-hydrogen) atoms. The van der Waals surface area contributed by atoms with Gasteiger partial charge < -0.3 is 10.8 Å². The number of hydrogen-bond acceptors (Lipinski definition) is 4. The van der Waals surface area contributed by atoms with E-state index in [0.717, 1.165) is 6.07 Å². The highest BCUT2D eigenvalue weighted by molar-refractivity contribution is 7.92. The summed E-state index contributed by atoms with van der Waals surface area (Å²) in [5.74, 6) is -3.89. The Morgan fingerprint density at radius 3 is 2.44 bits per heavy atom. The minimum atomic E-state index is -4.43. The molecule has 100 valence electrons. The van der Waals surface area contributed by atoms with E-state index in [1.54, 1.807) is 0 Å². The second-order valence-electron chi connectivity index (χ2n) is 3.52. The van der Waals surface area contributed by atoms with Crippen LogP contribution in [-0.2, 0) is 14.6 Å². The Morgan fingerprint density at radius 2 is 2.00 bits per heavy atom. The van der Waals surface area contributed by atoms with Gasteiger partial charge in [0.2, 0.25) is 0 Å². The van der Waals surface area contributed by atoms with Crippen molar-refractivity contribution in [3.05, 3.63) is 29.8 Å². The second-order valence-corrected chi connectivity index (χ2v) is 5.62. The maximum Gasteiger partial charge on any atom is 0.322 e. The van der Waals surface area contributed by atoms with Crippen LogP contribution in [0.15, 0.2) is 23.1 Å². The maximum atomic E-state index is 13.4. The molecule has 0 saturated heterocycles. The number of nitrogens with two attached hydrogens (primary N) is 1. The molecule has 1 rings (SSSR count). The summed E-state index contributed by atoms with van der Waals surface area (Å²) in [4.78, 5) is 10.0. The van der Waals surface area contributed by atoms with Crippen LogP contribution in [0.3, 0.4) is 0 Å². The molecule has 1 aromatic carbocycles. The lowest BCUT2D eigenvalue weighted by Gasteiger charge is -2.13. The SMILES string of the molecule is NCCC(C(=O)O)S(=O)(=O)c1ccc(F)cc1F. The van der Waals surface area contributed by atoms with Crippen molar-refractivity contribution in [2.45, 2.75) is 16.6 Å². The van der Waals surface area contributed by atoms with Gasteiger partial charge in [0.25, 0.3) is 0 Å². The van der Waals surface area contributed by atoms with Crippen molar-refractivity contribution in [3.8, 4) is 0 Å². The van der Waals surface area contributed by atoms with E-state index in [4.69, 9.17) is 10.8 Å². The second kappa shape index (κ2) is 5.40. The normalized spacial score (nSPS) is 13.3. The predicted molar refractivity (Wildman–Crippen MR) is 58.6 cm³/mol. The molecular weight excluding hydrogens is 268 g/mol. The van der Waals surface area contributed by atoms with E-state index in [1.165, 1.54) is 0 Å². The van der Waals surface area contributed by atoms with Gasteiger partial charge in [0, 0.05) is 6.07 Å². The first-order valence-corrected chi connectivity index (χ1v) is 6.47. The molecule has 0 bridgehead atoms. The number of carboxylic acids is 1. The zero-order valence-corrected chi connectivity index (χ0v) is 9.95. The molecule has 0 aliphatic carbocycles. The van der Waals surface area contributed by atoms with Crippen LogP contribution < -0.4 is 5.73 Å². The van der Waals surface area contributed by atoms with Gasteiger partial charge in [-0.3, -0.25) is 4.79 Å². The van der Waals surface area contributed by atoms with Crippen molar-refractivity contribution in [1.82, 2.24) is 0 Å². The van der Waals surface area contributed by atoms with Crippen LogP contribution in [0.4, 0.5) is 8.78 Å². The molecule has 5 nitrogen and oxygen atoms in total. The summed E-state index contributed by atoms with van der Waals surface area (Å²) >= 11 is 0. The van der Waals surface area contributed by atoms with E-state index in [2.05, 4.69) is 0 Å². The lowest BCUT2D eigenvalue weighted by Crippen LogP contribution is -2.33. The molecule has 0 fully saturated rings. The molecule has 0 aliphatic rings. The molecule has 1 unspecified atom stereocenters. The Kier molecular flexibility index (Phi) is 4.36. The Morgan fingerprint density at radius 1 is 1.39 bits per heavy atom. The van der Waals surface area contributed by atoms with Crippen molar-refractivity contribution < 1.29 is 27.1 Å². The lowest BCUT2D eigenvalue weighted by molar-refractivity contribution is -0.136. The van der Waals surface area contributed by atoms with Gasteiger partial charge in [0.05, 0.1) is 0 Å². The van der Waals surface area contributed by atoms with E-state index in [0.29, 0.717) is 12.1 Å². The van der Waals surface area contributed by atoms with Crippen LogP contribution in [-0.4, -0.2) is 31.3 Å². The molecule has 0 amide bonds. The van der Waals surface area contributed by atoms with Crippen molar-refractivity contribution in [2.24, 2.45) is 5.73 Å². The van der Waals surface area contributed by atoms with E-state index in [-0.39, 0.29) is 13.0 Å². The summed E-state index contributed by atoms with van der Waals surface area (Å²) in [5, 5.41) is 6.97.